The minimum atomic E-state index is -0.733. The molecule has 2 heterocycles. The average molecular weight is 237 g/mol. The fourth-order valence-corrected chi connectivity index (χ4v) is 2.02. The number of ether oxygens (including phenoxy) is 1. The number of aromatic nitrogens is 2. The second-order valence-electron chi connectivity index (χ2n) is 4.08. The lowest BCUT2D eigenvalue weighted by atomic mass is 9.98. The van der Waals surface area contributed by atoms with Crippen LogP contribution in [0.5, 0.6) is 5.88 Å². The van der Waals surface area contributed by atoms with Crippen molar-refractivity contribution in [2.75, 3.05) is 25.1 Å². The predicted molar refractivity (Wildman–Crippen MR) is 61.2 cm³/mol. The topological polar surface area (TPSA) is 75.5 Å². The van der Waals surface area contributed by atoms with Crippen LogP contribution in [0, 0.1) is 5.92 Å². The Balaban J connectivity index is 2.13. The number of carboxylic acids is 1. The van der Waals surface area contributed by atoms with E-state index in [1.54, 1.807) is 12.3 Å². The molecule has 0 aliphatic carbocycles. The lowest BCUT2D eigenvalue weighted by molar-refractivity contribution is -0.141. The summed E-state index contributed by atoms with van der Waals surface area (Å²) in [6.07, 6.45) is 3.25. The Hall–Kier alpha value is -1.85. The first-order valence-electron chi connectivity index (χ1n) is 5.55. The summed E-state index contributed by atoms with van der Waals surface area (Å²) < 4.78 is 5.00. The number of carbonyl (C=O) groups is 1. The molecule has 0 bridgehead atoms. The van der Waals surface area contributed by atoms with Crippen LogP contribution in [0.4, 0.5) is 5.69 Å². The summed E-state index contributed by atoms with van der Waals surface area (Å²) in [6.45, 7) is 1.36. The Morgan fingerprint density at radius 2 is 2.47 bits per heavy atom. The SMILES string of the molecule is COc1cc(N2CCC[C@H](C(=O)O)C2)cnn1. The van der Waals surface area contributed by atoms with Crippen molar-refractivity contribution in [2.24, 2.45) is 5.92 Å². The Morgan fingerprint density at radius 3 is 3.18 bits per heavy atom. The molecule has 0 saturated carbocycles. The van der Waals surface area contributed by atoms with Crippen LogP contribution in [-0.4, -0.2) is 41.5 Å². The van der Waals surface area contributed by atoms with Gasteiger partial charge >= 0.3 is 5.97 Å². The third-order valence-electron chi connectivity index (χ3n) is 2.96. The number of nitrogens with zero attached hydrogens (tertiary/aromatic N) is 3. The number of aliphatic carboxylic acids is 1. The molecule has 2 rings (SSSR count). The van der Waals surface area contributed by atoms with Crippen LogP contribution in [0.3, 0.4) is 0 Å². The molecule has 6 heteroatoms. The zero-order valence-corrected chi connectivity index (χ0v) is 9.67. The van der Waals surface area contributed by atoms with Gasteiger partial charge in [0.2, 0.25) is 5.88 Å². The number of anilines is 1. The Kier molecular flexibility index (Phi) is 3.41. The van der Waals surface area contributed by atoms with Crippen molar-refractivity contribution in [3.8, 4) is 5.88 Å². The van der Waals surface area contributed by atoms with Crippen molar-refractivity contribution < 1.29 is 14.6 Å². The normalized spacial score (nSPS) is 20.1. The third-order valence-corrected chi connectivity index (χ3v) is 2.96. The van der Waals surface area contributed by atoms with E-state index < -0.39 is 5.97 Å². The lowest BCUT2D eigenvalue weighted by Crippen LogP contribution is -2.38. The van der Waals surface area contributed by atoms with E-state index in [0.29, 0.717) is 12.4 Å². The van der Waals surface area contributed by atoms with Crippen molar-refractivity contribution in [3.63, 3.8) is 0 Å². The van der Waals surface area contributed by atoms with Crippen LogP contribution in [-0.2, 0) is 4.79 Å². The molecule has 1 aliphatic heterocycles. The molecule has 1 aromatic rings. The second kappa shape index (κ2) is 4.99. The van der Waals surface area contributed by atoms with E-state index in [9.17, 15) is 4.79 Å². The Morgan fingerprint density at radius 1 is 1.65 bits per heavy atom. The van der Waals surface area contributed by atoms with Gasteiger partial charge in [0.1, 0.15) is 0 Å². The van der Waals surface area contributed by atoms with E-state index in [1.165, 1.54) is 7.11 Å². The van der Waals surface area contributed by atoms with E-state index in [0.717, 1.165) is 25.1 Å². The molecule has 1 N–H and O–H groups in total. The number of methoxy groups -OCH3 is 1. The highest BCUT2D eigenvalue weighted by Gasteiger charge is 2.25. The molecule has 17 heavy (non-hydrogen) atoms. The predicted octanol–water partition coefficient (Wildman–Crippen LogP) is 0.786. The molecule has 92 valence electrons. The van der Waals surface area contributed by atoms with Crippen LogP contribution in [0.2, 0.25) is 0 Å². The van der Waals surface area contributed by atoms with Crippen LogP contribution >= 0.6 is 0 Å². The molecule has 0 amide bonds. The van der Waals surface area contributed by atoms with Crippen molar-refractivity contribution in [1.29, 1.82) is 0 Å². The molecule has 1 fully saturated rings. The Labute approximate surface area is 99.2 Å². The third kappa shape index (κ3) is 2.64. The molecule has 1 saturated heterocycles. The largest absolute Gasteiger partial charge is 0.481 e. The maximum Gasteiger partial charge on any atom is 0.308 e. The van der Waals surface area contributed by atoms with E-state index in [1.807, 2.05) is 4.90 Å². The maximum atomic E-state index is 11.0. The highest BCUT2D eigenvalue weighted by Crippen LogP contribution is 2.24. The summed E-state index contributed by atoms with van der Waals surface area (Å²) in [6, 6.07) is 1.78. The second-order valence-corrected chi connectivity index (χ2v) is 4.08. The van der Waals surface area contributed by atoms with Gasteiger partial charge in [0, 0.05) is 19.2 Å². The van der Waals surface area contributed by atoms with Gasteiger partial charge in [-0.1, -0.05) is 0 Å². The van der Waals surface area contributed by atoms with Gasteiger partial charge < -0.3 is 14.7 Å². The van der Waals surface area contributed by atoms with E-state index in [4.69, 9.17) is 9.84 Å². The van der Waals surface area contributed by atoms with Gasteiger partial charge in [-0.3, -0.25) is 4.79 Å². The highest BCUT2D eigenvalue weighted by atomic mass is 16.5. The zero-order chi connectivity index (χ0) is 12.3. The van der Waals surface area contributed by atoms with Gasteiger partial charge in [-0.15, -0.1) is 5.10 Å². The summed E-state index contributed by atoms with van der Waals surface area (Å²) in [7, 11) is 1.53. The molecular weight excluding hydrogens is 222 g/mol. The summed E-state index contributed by atoms with van der Waals surface area (Å²) in [5.74, 6) is -0.591. The van der Waals surface area contributed by atoms with Crippen LogP contribution < -0.4 is 9.64 Å². The summed E-state index contributed by atoms with van der Waals surface area (Å²) in [5.41, 5.74) is 0.864. The molecule has 0 unspecified atom stereocenters. The van der Waals surface area contributed by atoms with Gasteiger partial charge in [-0.25, -0.2) is 0 Å². The van der Waals surface area contributed by atoms with Crippen molar-refractivity contribution in [3.05, 3.63) is 12.3 Å². The fraction of sp³-hybridized carbons (Fsp3) is 0.545. The molecule has 0 spiro atoms. The smallest absolute Gasteiger partial charge is 0.308 e. The van der Waals surface area contributed by atoms with Crippen molar-refractivity contribution >= 4 is 11.7 Å². The summed E-state index contributed by atoms with van der Waals surface area (Å²) in [5, 5.41) is 16.7. The average Bonchev–Trinajstić information content (AvgIpc) is 2.39. The van der Waals surface area contributed by atoms with Crippen molar-refractivity contribution in [2.45, 2.75) is 12.8 Å². The van der Waals surface area contributed by atoms with Gasteiger partial charge in [-0.05, 0) is 12.8 Å². The van der Waals surface area contributed by atoms with E-state index in [-0.39, 0.29) is 5.92 Å². The molecule has 6 nitrogen and oxygen atoms in total. The lowest BCUT2D eigenvalue weighted by Gasteiger charge is -2.32. The molecule has 1 atom stereocenters. The van der Waals surface area contributed by atoms with Crippen molar-refractivity contribution in [1.82, 2.24) is 10.2 Å². The molecule has 0 radical (unpaired) electrons. The maximum absolute atomic E-state index is 11.0. The standard InChI is InChI=1S/C11H15N3O3/c1-17-10-5-9(6-12-13-10)14-4-2-3-8(7-14)11(15)16/h5-6,8H,2-4,7H2,1H3,(H,15,16)/t8-/m0/s1. The van der Waals surface area contributed by atoms with Gasteiger partial charge in [0.05, 0.1) is 24.9 Å². The monoisotopic (exact) mass is 237 g/mol. The first-order valence-corrected chi connectivity index (χ1v) is 5.55. The first-order chi connectivity index (χ1) is 8.20. The van der Waals surface area contributed by atoms with Gasteiger partial charge in [-0.2, -0.15) is 5.10 Å². The van der Waals surface area contributed by atoms with Crippen LogP contribution in [0.15, 0.2) is 12.3 Å². The Bertz CT molecular complexity index is 411. The molecule has 1 aromatic heterocycles. The zero-order valence-electron chi connectivity index (χ0n) is 9.67. The fourth-order valence-electron chi connectivity index (χ4n) is 2.02. The number of hydrogen-bond acceptors (Lipinski definition) is 5. The highest BCUT2D eigenvalue weighted by molar-refractivity contribution is 5.71. The number of piperidine rings is 1. The number of carboxylic acid groups (broad SMARTS) is 1. The van der Waals surface area contributed by atoms with E-state index in [2.05, 4.69) is 10.2 Å². The molecule has 1 aliphatic rings. The molecular formula is C11H15N3O3. The minimum absolute atomic E-state index is 0.303. The summed E-state index contributed by atoms with van der Waals surface area (Å²) in [4.78, 5) is 13.0. The quantitative estimate of drug-likeness (QED) is 0.837. The minimum Gasteiger partial charge on any atom is -0.481 e. The first kappa shape index (κ1) is 11.6. The number of hydrogen-bond donors (Lipinski definition) is 1. The van der Waals surface area contributed by atoms with Gasteiger partial charge in [0.25, 0.3) is 0 Å². The van der Waals surface area contributed by atoms with Crippen LogP contribution in [0.1, 0.15) is 12.8 Å². The van der Waals surface area contributed by atoms with Crippen LogP contribution in [0.25, 0.3) is 0 Å². The number of rotatable bonds is 3. The van der Waals surface area contributed by atoms with Gasteiger partial charge in [0.15, 0.2) is 0 Å². The molecule has 0 aromatic carbocycles. The van der Waals surface area contributed by atoms with E-state index >= 15 is 0 Å². The summed E-state index contributed by atoms with van der Waals surface area (Å²) >= 11 is 0.